The molecule has 1 aromatic carbocycles. The van der Waals surface area contributed by atoms with Crippen molar-refractivity contribution in [3.63, 3.8) is 0 Å². The highest BCUT2D eigenvalue weighted by molar-refractivity contribution is 5.80. The second-order valence-corrected chi connectivity index (χ2v) is 6.95. The lowest BCUT2D eigenvalue weighted by Gasteiger charge is -2.22. The van der Waals surface area contributed by atoms with Crippen LogP contribution < -0.4 is 0 Å². The van der Waals surface area contributed by atoms with E-state index in [1.807, 2.05) is 12.1 Å². The molecule has 0 aliphatic carbocycles. The number of benzene rings is 1. The standard InChI is InChI=1S/C21H19F2N5O/c1-14(13-27-20-3-2-7-24-18(20)12-26-27)4-5-21(29)28-19(6-8-25-28)15-9-16(22)11-17(23)10-15/h2-3,7-12,19H,1,4-6,13H2. The average molecular weight is 395 g/mol. The second-order valence-electron chi connectivity index (χ2n) is 6.95. The first kappa shape index (κ1) is 18.9. The normalized spacial score (nSPS) is 15.9. The first-order chi connectivity index (χ1) is 14.0. The number of hydrogen-bond donors (Lipinski definition) is 0. The number of rotatable bonds is 6. The Morgan fingerprint density at radius 1 is 1.21 bits per heavy atom. The zero-order valence-electron chi connectivity index (χ0n) is 15.6. The van der Waals surface area contributed by atoms with Crippen LogP contribution in [-0.4, -0.2) is 31.9 Å². The SMILES string of the molecule is C=C(CCC(=O)N1N=CCC1c1cc(F)cc(F)c1)Cn1ncc2ncccc21. The van der Waals surface area contributed by atoms with Gasteiger partial charge in [-0.1, -0.05) is 12.2 Å². The third-order valence-electron chi connectivity index (χ3n) is 4.83. The summed E-state index contributed by atoms with van der Waals surface area (Å²) >= 11 is 0. The van der Waals surface area contributed by atoms with E-state index in [2.05, 4.69) is 21.8 Å². The lowest BCUT2D eigenvalue weighted by atomic mass is 10.0. The summed E-state index contributed by atoms with van der Waals surface area (Å²) in [6.45, 7) is 4.52. The maximum atomic E-state index is 13.5. The third-order valence-corrected chi connectivity index (χ3v) is 4.83. The fraction of sp³-hybridized carbons (Fsp3) is 0.238. The monoisotopic (exact) mass is 395 g/mol. The van der Waals surface area contributed by atoms with E-state index in [0.29, 0.717) is 24.9 Å². The van der Waals surface area contributed by atoms with Crippen molar-refractivity contribution in [2.24, 2.45) is 5.10 Å². The summed E-state index contributed by atoms with van der Waals surface area (Å²) in [7, 11) is 0. The van der Waals surface area contributed by atoms with Crippen molar-refractivity contribution in [2.45, 2.75) is 31.8 Å². The van der Waals surface area contributed by atoms with Crippen LogP contribution >= 0.6 is 0 Å². The number of nitrogens with zero attached hydrogens (tertiary/aromatic N) is 5. The first-order valence-electron chi connectivity index (χ1n) is 9.25. The molecule has 1 unspecified atom stereocenters. The maximum Gasteiger partial charge on any atom is 0.243 e. The van der Waals surface area contributed by atoms with Crippen LogP contribution in [0.15, 0.2) is 60.0 Å². The van der Waals surface area contributed by atoms with E-state index < -0.39 is 17.7 Å². The molecule has 0 saturated carbocycles. The summed E-state index contributed by atoms with van der Waals surface area (Å²) in [6.07, 6.45) is 6.05. The van der Waals surface area contributed by atoms with Crippen LogP contribution in [0.5, 0.6) is 0 Å². The summed E-state index contributed by atoms with van der Waals surface area (Å²) in [6, 6.07) is 6.55. The fourth-order valence-electron chi connectivity index (χ4n) is 3.43. The Balaban J connectivity index is 1.38. The molecular formula is C21H19F2N5O. The number of pyridine rings is 1. The smallest absolute Gasteiger partial charge is 0.243 e. The summed E-state index contributed by atoms with van der Waals surface area (Å²) in [5.74, 6) is -1.57. The van der Waals surface area contributed by atoms with Crippen LogP contribution in [0, 0.1) is 11.6 Å². The molecule has 0 spiro atoms. The first-order valence-corrected chi connectivity index (χ1v) is 9.25. The Hall–Kier alpha value is -3.42. The highest BCUT2D eigenvalue weighted by Gasteiger charge is 2.28. The molecule has 1 amide bonds. The summed E-state index contributed by atoms with van der Waals surface area (Å²) in [5, 5.41) is 9.72. The van der Waals surface area contributed by atoms with Gasteiger partial charge in [0.2, 0.25) is 5.91 Å². The number of hydrogen-bond acceptors (Lipinski definition) is 4. The lowest BCUT2D eigenvalue weighted by molar-refractivity contribution is -0.133. The molecule has 6 nitrogen and oxygen atoms in total. The Bertz CT molecular complexity index is 1090. The Labute approximate surface area is 166 Å². The van der Waals surface area contributed by atoms with Crippen molar-refractivity contribution in [3.05, 3.63) is 72.1 Å². The Morgan fingerprint density at radius 2 is 2.00 bits per heavy atom. The maximum absolute atomic E-state index is 13.5. The molecule has 0 radical (unpaired) electrons. The van der Waals surface area contributed by atoms with Crippen LogP contribution in [0.25, 0.3) is 11.0 Å². The van der Waals surface area contributed by atoms with Gasteiger partial charge in [-0.2, -0.15) is 10.2 Å². The van der Waals surface area contributed by atoms with Crippen LogP contribution in [0.3, 0.4) is 0 Å². The van der Waals surface area contributed by atoms with E-state index in [4.69, 9.17) is 0 Å². The van der Waals surface area contributed by atoms with Gasteiger partial charge in [-0.3, -0.25) is 14.5 Å². The molecule has 0 bridgehead atoms. The minimum atomic E-state index is -0.673. The van der Waals surface area contributed by atoms with Gasteiger partial charge >= 0.3 is 0 Å². The molecule has 148 valence electrons. The number of fused-ring (bicyclic) bond motifs is 1. The molecule has 0 saturated heterocycles. The summed E-state index contributed by atoms with van der Waals surface area (Å²) in [4.78, 5) is 16.9. The van der Waals surface area contributed by atoms with Crippen LogP contribution in [0.4, 0.5) is 8.78 Å². The predicted molar refractivity (Wildman–Crippen MR) is 105 cm³/mol. The molecule has 1 aliphatic rings. The minimum absolute atomic E-state index is 0.196. The van der Waals surface area contributed by atoms with Gasteiger partial charge in [-0.15, -0.1) is 0 Å². The number of hydrazone groups is 1. The predicted octanol–water partition coefficient (Wildman–Crippen LogP) is 4.01. The van der Waals surface area contributed by atoms with E-state index >= 15 is 0 Å². The average Bonchev–Trinajstić information content (AvgIpc) is 3.33. The van der Waals surface area contributed by atoms with Gasteiger partial charge in [0.15, 0.2) is 0 Å². The molecule has 0 fully saturated rings. The van der Waals surface area contributed by atoms with Gasteiger partial charge < -0.3 is 0 Å². The zero-order valence-corrected chi connectivity index (χ0v) is 15.6. The number of allylic oxidation sites excluding steroid dienone is 1. The van der Waals surface area contributed by atoms with E-state index in [1.54, 1.807) is 23.3 Å². The van der Waals surface area contributed by atoms with Crippen LogP contribution in [-0.2, 0) is 11.3 Å². The van der Waals surface area contributed by atoms with E-state index in [-0.39, 0.29) is 12.3 Å². The van der Waals surface area contributed by atoms with Crippen LogP contribution in [0.2, 0.25) is 0 Å². The van der Waals surface area contributed by atoms with Crippen molar-refractivity contribution in [1.29, 1.82) is 0 Å². The molecule has 8 heteroatoms. The summed E-state index contributed by atoms with van der Waals surface area (Å²) in [5.41, 5.74) is 2.93. The molecule has 1 aliphatic heterocycles. The fourth-order valence-corrected chi connectivity index (χ4v) is 3.43. The van der Waals surface area contributed by atoms with Crippen molar-refractivity contribution in [1.82, 2.24) is 19.8 Å². The quantitative estimate of drug-likeness (QED) is 0.593. The van der Waals surface area contributed by atoms with E-state index in [9.17, 15) is 13.6 Å². The lowest BCUT2D eigenvalue weighted by Crippen LogP contribution is -2.27. The Morgan fingerprint density at radius 3 is 2.79 bits per heavy atom. The molecule has 0 N–H and O–H groups in total. The molecular weight excluding hydrogens is 376 g/mol. The largest absolute Gasteiger partial charge is 0.273 e. The van der Waals surface area contributed by atoms with Crippen molar-refractivity contribution < 1.29 is 13.6 Å². The molecule has 2 aromatic heterocycles. The zero-order chi connectivity index (χ0) is 20.4. The molecule has 29 heavy (non-hydrogen) atoms. The van der Waals surface area contributed by atoms with Gasteiger partial charge in [0, 0.05) is 31.3 Å². The number of aromatic nitrogens is 3. The van der Waals surface area contributed by atoms with E-state index in [0.717, 1.165) is 22.7 Å². The minimum Gasteiger partial charge on any atom is -0.273 e. The van der Waals surface area contributed by atoms with Crippen LogP contribution in [0.1, 0.15) is 30.9 Å². The van der Waals surface area contributed by atoms with Gasteiger partial charge in [-0.25, -0.2) is 13.8 Å². The molecule has 3 aromatic rings. The van der Waals surface area contributed by atoms with E-state index in [1.165, 1.54) is 17.1 Å². The second kappa shape index (κ2) is 7.90. The van der Waals surface area contributed by atoms with Gasteiger partial charge in [-0.05, 0) is 36.2 Å². The Kier molecular flexibility index (Phi) is 5.16. The van der Waals surface area contributed by atoms with Gasteiger partial charge in [0.1, 0.15) is 17.2 Å². The van der Waals surface area contributed by atoms with Crippen molar-refractivity contribution in [3.8, 4) is 0 Å². The van der Waals surface area contributed by atoms with Gasteiger partial charge in [0.25, 0.3) is 0 Å². The number of halogens is 2. The number of carbonyl (C=O) groups is 1. The summed E-state index contributed by atoms with van der Waals surface area (Å²) < 4.78 is 28.9. The van der Waals surface area contributed by atoms with Gasteiger partial charge in [0.05, 0.1) is 24.3 Å². The molecule has 1 atom stereocenters. The van der Waals surface area contributed by atoms with Crippen molar-refractivity contribution >= 4 is 23.2 Å². The third kappa shape index (κ3) is 4.06. The highest BCUT2D eigenvalue weighted by Crippen LogP contribution is 2.30. The number of amides is 1. The topological polar surface area (TPSA) is 63.4 Å². The highest BCUT2D eigenvalue weighted by atomic mass is 19.1. The van der Waals surface area contributed by atoms with Crippen molar-refractivity contribution in [2.75, 3.05) is 0 Å². The molecule has 4 rings (SSSR count). The molecule has 3 heterocycles. The number of carbonyl (C=O) groups excluding carboxylic acids is 1.